The van der Waals surface area contributed by atoms with E-state index in [4.69, 9.17) is 23.7 Å². The van der Waals surface area contributed by atoms with Crippen LogP contribution in [0.5, 0.6) is 5.75 Å². The van der Waals surface area contributed by atoms with E-state index in [1.54, 1.807) is 88.7 Å². The molecule has 4 aliphatic rings. The van der Waals surface area contributed by atoms with Gasteiger partial charge in [-0.05, 0) is 135 Å². The Morgan fingerprint density at radius 2 is 1.02 bits per heavy atom. The van der Waals surface area contributed by atoms with Crippen molar-refractivity contribution < 1.29 is 52.5 Å². The first kappa shape index (κ1) is 61.0. The molecule has 2 aromatic heterocycles. The Hall–Kier alpha value is -7.58. The van der Waals surface area contributed by atoms with Crippen LogP contribution in [0.25, 0.3) is 22.5 Å². The Balaban J connectivity index is 0.000000205. The summed E-state index contributed by atoms with van der Waals surface area (Å²) in [5.74, 6) is 1.03. The van der Waals surface area contributed by atoms with Crippen LogP contribution in [0.1, 0.15) is 127 Å². The lowest BCUT2D eigenvalue weighted by molar-refractivity contribution is 0.0187. The fourth-order valence-corrected chi connectivity index (χ4v) is 9.60. The number of aromatic nitrogens is 4. The minimum atomic E-state index is -0.577. The van der Waals surface area contributed by atoms with E-state index in [0.29, 0.717) is 98.9 Å². The number of carbonyl (C=O) groups is 6. The van der Waals surface area contributed by atoms with Crippen LogP contribution in [0.4, 0.5) is 19.2 Å². The van der Waals surface area contributed by atoms with Gasteiger partial charge in [-0.3, -0.25) is 14.2 Å². The number of benzene rings is 3. The van der Waals surface area contributed by atoms with Gasteiger partial charge in [-0.15, -0.1) is 0 Å². The van der Waals surface area contributed by atoms with Crippen molar-refractivity contribution in [2.24, 2.45) is 5.92 Å². The third kappa shape index (κ3) is 18.7. The summed E-state index contributed by atoms with van der Waals surface area (Å²) in [6.07, 6.45) is 13.1. The average Bonchev–Trinajstić information content (AvgIpc) is 4.20. The summed E-state index contributed by atoms with van der Waals surface area (Å²) >= 11 is 0. The highest BCUT2D eigenvalue weighted by Crippen LogP contribution is 2.24. The van der Waals surface area contributed by atoms with Gasteiger partial charge in [0, 0.05) is 112 Å². The molecule has 0 saturated carbocycles. The molecule has 81 heavy (non-hydrogen) atoms. The van der Waals surface area contributed by atoms with Gasteiger partial charge in [0.1, 0.15) is 29.6 Å². The molecule has 3 aromatic carbocycles. The van der Waals surface area contributed by atoms with Crippen molar-refractivity contribution in [1.82, 2.24) is 44.4 Å². The lowest BCUT2D eigenvalue weighted by Gasteiger charge is -2.33. The molecule has 0 atom stereocenters. The maximum atomic E-state index is 13.0. The summed E-state index contributed by atoms with van der Waals surface area (Å²) in [6, 6.07) is 23.0. The molecule has 5 aromatic rings. The number of rotatable bonds is 9. The van der Waals surface area contributed by atoms with Crippen LogP contribution in [0, 0.1) is 5.92 Å². The van der Waals surface area contributed by atoms with Gasteiger partial charge < -0.3 is 49.0 Å². The fraction of sp³-hybridized carbons (Fsp3) is 0.508. The molecule has 20 nitrogen and oxygen atoms in total. The van der Waals surface area contributed by atoms with E-state index in [0.717, 1.165) is 37.5 Å². The molecule has 0 spiro atoms. The predicted molar refractivity (Wildman–Crippen MR) is 306 cm³/mol. The number of para-hydroxylation sites is 1. The third-order valence-corrected chi connectivity index (χ3v) is 14.3. The molecule has 20 heteroatoms. The van der Waals surface area contributed by atoms with Crippen molar-refractivity contribution in [3.8, 4) is 28.3 Å². The van der Waals surface area contributed by atoms with Crippen molar-refractivity contribution >= 4 is 36.1 Å². The van der Waals surface area contributed by atoms with Gasteiger partial charge in [-0.2, -0.15) is 0 Å². The summed E-state index contributed by atoms with van der Waals surface area (Å²) < 4.78 is 29.5. The molecule has 4 saturated heterocycles. The zero-order valence-corrected chi connectivity index (χ0v) is 48.3. The number of hydrogen-bond acceptors (Lipinski definition) is 13. The van der Waals surface area contributed by atoms with Crippen molar-refractivity contribution in [1.29, 1.82) is 0 Å². The normalized spacial score (nSPS) is 16.6. The molecule has 436 valence electrons. The molecule has 4 aliphatic heterocycles. The smallest absolute Gasteiger partial charge is 0.424 e. The highest BCUT2D eigenvalue weighted by atomic mass is 16.6. The Kier molecular flexibility index (Phi) is 21.6. The van der Waals surface area contributed by atoms with E-state index in [-0.39, 0.29) is 48.2 Å². The van der Waals surface area contributed by atoms with Gasteiger partial charge in [0.2, 0.25) is 0 Å². The van der Waals surface area contributed by atoms with Crippen LogP contribution in [0.15, 0.2) is 104 Å². The number of likely N-dealkylation sites (tertiary alicyclic amines) is 2. The highest BCUT2D eigenvalue weighted by molar-refractivity contribution is 5.96. The van der Waals surface area contributed by atoms with Crippen LogP contribution < -0.4 is 15.4 Å². The van der Waals surface area contributed by atoms with Crippen molar-refractivity contribution in [3.05, 3.63) is 115 Å². The largest absolute Gasteiger partial charge is 0.444 e. The number of amides is 5. The van der Waals surface area contributed by atoms with Crippen LogP contribution in [0.2, 0.25) is 0 Å². The second kappa shape index (κ2) is 28.7. The third-order valence-electron chi connectivity index (χ3n) is 14.3. The van der Waals surface area contributed by atoms with Crippen molar-refractivity contribution in [2.45, 2.75) is 136 Å². The predicted octanol–water partition coefficient (Wildman–Crippen LogP) is 10.3. The monoisotopic (exact) mass is 1120 g/mol. The van der Waals surface area contributed by atoms with E-state index >= 15 is 0 Å². The quantitative estimate of drug-likeness (QED) is 0.141. The van der Waals surface area contributed by atoms with Gasteiger partial charge in [-0.1, -0.05) is 55.8 Å². The van der Waals surface area contributed by atoms with E-state index in [9.17, 15) is 28.8 Å². The highest BCUT2D eigenvalue weighted by Gasteiger charge is 2.30. The summed E-state index contributed by atoms with van der Waals surface area (Å²) in [5, 5.41) is 6.14. The maximum Gasteiger partial charge on any atom is 0.424 e. The molecule has 5 amide bonds. The first-order valence-corrected chi connectivity index (χ1v) is 28.3. The van der Waals surface area contributed by atoms with Crippen LogP contribution in [-0.2, 0) is 18.9 Å². The number of ether oxygens (including phenoxy) is 5. The minimum absolute atomic E-state index is 0.0209. The number of hydrogen-bond donors (Lipinski definition) is 2. The molecule has 4 fully saturated rings. The Morgan fingerprint density at radius 1 is 0.580 bits per heavy atom. The van der Waals surface area contributed by atoms with Gasteiger partial charge in [0.25, 0.3) is 11.8 Å². The van der Waals surface area contributed by atoms with Gasteiger partial charge in [-0.25, -0.2) is 33.7 Å². The second-order valence-corrected chi connectivity index (χ2v) is 22.8. The number of piperidine rings is 2. The molecule has 0 unspecified atom stereocenters. The summed E-state index contributed by atoms with van der Waals surface area (Å²) in [6.45, 7) is 18.8. The van der Waals surface area contributed by atoms with Crippen molar-refractivity contribution in [3.63, 3.8) is 0 Å². The Morgan fingerprint density at radius 3 is 1.47 bits per heavy atom. The molecule has 0 bridgehead atoms. The van der Waals surface area contributed by atoms with Gasteiger partial charge >= 0.3 is 24.3 Å². The zero-order valence-electron chi connectivity index (χ0n) is 48.3. The van der Waals surface area contributed by atoms with E-state index in [1.165, 1.54) is 41.1 Å². The summed E-state index contributed by atoms with van der Waals surface area (Å²) in [7, 11) is 1.81. The SMILES string of the molecule is CC(C)(C)OC(=O)N1CCC(NC(=O)c2cccc(-c3cn(C(=O)Oc4ccccc4)cn3)c2)CC1.CCC1CCOCC1.CN(C(=O)n1cnc(-c2cccc(C(=O)NC3CCN(C(=O)OC(C)(C)C)CC3)c2)c1)C1CCOCC1. The Labute approximate surface area is 475 Å². The molecule has 6 heterocycles. The number of nitrogens with zero attached hydrogens (tertiary/aromatic N) is 7. The molecule has 0 aliphatic carbocycles. The number of carbonyl (C=O) groups excluding carboxylic acids is 6. The van der Waals surface area contributed by atoms with Gasteiger partial charge in [0.05, 0.1) is 11.4 Å². The van der Waals surface area contributed by atoms with E-state index in [2.05, 4.69) is 27.5 Å². The first-order chi connectivity index (χ1) is 38.7. The lowest BCUT2D eigenvalue weighted by atomic mass is 9.98. The maximum absolute atomic E-state index is 13.0. The minimum Gasteiger partial charge on any atom is -0.444 e. The topological polar surface area (TPSA) is 218 Å². The first-order valence-electron chi connectivity index (χ1n) is 28.3. The Bertz CT molecular complexity index is 2860. The summed E-state index contributed by atoms with van der Waals surface area (Å²) in [5.41, 5.74) is 2.56. The standard InChI is InChI=1S/C27H37N5O5.C27H30N4O5.C7H14O/c1-27(2,3)37-26(35)31-12-8-21(9-13-31)29-24(33)20-7-5-6-19(16-20)23-17-32(18-28-23)25(34)30(4)22-10-14-36-15-11-22;1-27(2,3)36-26(34)30-14-12-21(13-15-30)29-24(32)20-9-7-8-19(16-20)23-17-31(18-28-23)25(33)35-22-10-5-4-6-11-22;1-2-7-3-5-8-6-4-7/h5-7,16-18,21-22H,8-15H2,1-4H3,(H,29,33);4-11,16-18,21H,12-15H2,1-3H3,(H,29,32);7H,2-6H2,1H3. The van der Waals surface area contributed by atoms with E-state index < -0.39 is 17.3 Å². The van der Waals surface area contributed by atoms with Crippen molar-refractivity contribution in [2.75, 3.05) is 59.7 Å². The molecule has 9 rings (SSSR count). The van der Waals surface area contributed by atoms with Gasteiger partial charge in [0.15, 0.2) is 0 Å². The number of nitrogens with one attached hydrogen (secondary N) is 2. The second-order valence-electron chi connectivity index (χ2n) is 22.8. The molecular formula is C61H81N9O11. The van der Waals surface area contributed by atoms with Crippen LogP contribution >= 0.6 is 0 Å². The zero-order chi connectivity index (χ0) is 58.1. The molecular weight excluding hydrogens is 1030 g/mol. The van der Waals surface area contributed by atoms with E-state index in [1.807, 2.05) is 65.8 Å². The summed E-state index contributed by atoms with van der Waals surface area (Å²) in [4.78, 5) is 89.5. The molecule has 0 radical (unpaired) electrons. The van der Waals surface area contributed by atoms with Crippen LogP contribution in [0.3, 0.4) is 0 Å². The average molecular weight is 1120 g/mol. The number of imidazole rings is 2. The van der Waals surface area contributed by atoms with Crippen LogP contribution in [-0.4, -0.2) is 159 Å². The fourth-order valence-electron chi connectivity index (χ4n) is 9.60. The molecule has 2 N–H and O–H groups in total. The lowest BCUT2D eigenvalue weighted by Crippen LogP contribution is -2.47.